The fraction of sp³-hybridized carbons (Fsp3) is 0.200. The van der Waals surface area contributed by atoms with E-state index in [4.69, 9.17) is 4.74 Å². The molecule has 4 nitrogen and oxygen atoms in total. The average Bonchev–Trinajstić information content (AvgIpc) is 2.56. The largest absolute Gasteiger partial charge is 0.422 e. The lowest BCUT2D eigenvalue weighted by molar-refractivity contribution is -0.130. The number of para-hydroxylation sites is 1. The highest BCUT2D eigenvalue weighted by atomic mass is 16.5. The molecule has 0 heterocycles. The number of ketones is 1. The van der Waals surface area contributed by atoms with E-state index in [9.17, 15) is 14.7 Å². The third-order valence-electron chi connectivity index (χ3n) is 3.44. The lowest BCUT2D eigenvalue weighted by Gasteiger charge is -2.15. The molecule has 0 aromatic heterocycles. The van der Waals surface area contributed by atoms with Crippen molar-refractivity contribution in [3.05, 3.63) is 77.4 Å². The molecule has 2 aromatic rings. The monoisotopic (exact) mass is 324 g/mol. The molecule has 24 heavy (non-hydrogen) atoms. The fourth-order valence-corrected chi connectivity index (χ4v) is 2.29. The van der Waals surface area contributed by atoms with E-state index < -0.39 is 12.1 Å². The topological polar surface area (TPSA) is 63.6 Å². The summed E-state index contributed by atoms with van der Waals surface area (Å²) in [5.74, 6) is -0.664. The minimum absolute atomic E-state index is 0.181. The third-order valence-corrected chi connectivity index (χ3v) is 3.44. The molecule has 0 aliphatic rings. The Morgan fingerprint density at radius 2 is 1.79 bits per heavy atom. The minimum Gasteiger partial charge on any atom is -0.422 e. The molecule has 4 heteroatoms. The van der Waals surface area contributed by atoms with Gasteiger partial charge in [-0.05, 0) is 25.5 Å². The molecule has 0 bridgehead atoms. The first-order valence-electron chi connectivity index (χ1n) is 7.67. The van der Waals surface area contributed by atoms with Crippen LogP contribution in [0, 0.1) is 0 Å². The molecular formula is C20H20O4. The quantitative estimate of drug-likeness (QED) is 0.383. The van der Waals surface area contributed by atoms with Gasteiger partial charge in [-0.15, -0.1) is 0 Å². The van der Waals surface area contributed by atoms with Crippen molar-refractivity contribution in [2.24, 2.45) is 0 Å². The zero-order chi connectivity index (χ0) is 17.7. The van der Waals surface area contributed by atoms with Crippen molar-refractivity contribution in [1.29, 1.82) is 0 Å². The number of esters is 1. The van der Waals surface area contributed by atoms with E-state index in [2.05, 4.69) is 6.58 Å². The van der Waals surface area contributed by atoms with Crippen LogP contribution < -0.4 is 4.74 Å². The zero-order valence-electron chi connectivity index (χ0n) is 13.8. The number of rotatable bonds is 6. The second kappa shape index (κ2) is 7.70. The van der Waals surface area contributed by atoms with Crippen LogP contribution >= 0.6 is 0 Å². The van der Waals surface area contributed by atoms with Gasteiger partial charge in [0.1, 0.15) is 5.75 Å². The van der Waals surface area contributed by atoms with E-state index in [-0.39, 0.29) is 29.1 Å². The van der Waals surface area contributed by atoms with Crippen molar-refractivity contribution in [1.82, 2.24) is 0 Å². The fourth-order valence-electron chi connectivity index (χ4n) is 2.29. The Hall–Kier alpha value is -2.72. The van der Waals surface area contributed by atoms with Gasteiger partial charge in [0.15, 0.2) is 5.78 Å². The Bertz CT molecular complexity index is 760. The molecule has 1 N–H and O–H groups in total. The Labute approximate surface area is 141 Å². The summed E-state index contributed by atoms with van der Waals surface area (Å²) in [5.41, 5.74) is 1.62. The van der Waals surface area contributed by atoms with Crippen LogP contribution in [0.2, 0.25) is 0 Å². The summed E-state index contributed by atoms with van der Waals surface area (Å²) in [4.78, 5) is 24.7. The Balaban J connectivity index is 2.51. The molecule has 0 saturated carbocycles. The number of carbonyl (C=O) groups excluding carboxylic acids is 2. The molecule has 0 aliphatic heterocycles. The van der Waals surface area contributed by atoms with Crippen molar-refractivity contribution in [2.45, 2.75) is 26.4 Å². The van der Waals surface area contributed by atoms with Gasteiger partial charge in [0.2, 0.25) is 0 Å². The average molecular weight is 324 g/mol. The second-order valence-electron chi connectivity index (χ2n) is 5.71. The van der Waals surface area contributed by atoms with Crippen molar-refractivity contribution in [3.63, 3.8) is 0 Å². The van der Waals surface area contributed by atoms with Gasteiger partial charge in [0.05, 0.1) is 11.7 Å². The maximum Gasteiger partial charge on any atom is 0.338 e. The van der Waals surface area contributed by atoms with Crippen LogP contribution in [0.5, 0.6) is 5.75 Å². The van der Waals surface area contributed by atoms with Crippen molar-refractivity contribution >= 4 is 11.8 Å². The number of carbonyl (C=O) groups is 2. The number of aliphatic hydroxyl groups excluding tert-OH is 1. The highest BCUT2D eigenvalue weighted by Gasteiger charge is 2.21. The highest BCUT2D eigenvalue weighted by Crippen LogP contribution is 2.28. The first-order chi connectivity index (χ1) is 11.4. The molecule has 124 valence electrons. The van der Waals surface area contributed by atoms with E-state index in [0.29, 0.717) is 11.1 Å². The molecule has 0 saturated heterocycles. The molecule has 0 radical (unpaired) electrons. The van der Waals surface area contributed by atoms with Crippen molar-refractivity contribution in [2.75, 3.05) is 0 Å². The molecule has 0 amide bonds. The van der Waals surface area contributed by atoms with Gasteiger partial charge >= 0.3 is 5.97 Å². The van der Waals surface area contributed by atoms with Gasteiger partial charge in [-0.2, -0.15) is 0 Å². The van der Waals surface area contributed by atoms with Gasteiger partial charge in [-0.25, -0.2) is 4.79 Å². The minimum atomic E-state index is -0.630. The molecule has 1 atom stereocenters. The molecule has 0 aliphatic carbocycles. The summed E-state index contributed by atoms with van der Waals surface area (Å²) in [5, 5.41) is 9.68. The second-order valence-corrected chi connectivity index (χ2v) is 5.71. The Kier molecular flexibility index (Phi) is 5.66. The van der Waals surface area contributed by atoms with E-state index in [1.807, 2.05) is 6.07 Å². The van der Waals surface area contributed by atoms with Crippen molar-refractivity contribution < 1.29 is 19.4 Å². The molecular weight excluding hydrogens is 304 g/mol. The third kappa shape index (κ3) is 4.18. The van der Waals surface area contributed by atoms with E-state index >= 15 is 0 Å². The smallest absolute Gasteiger partial charge is 0.338 e. The number of ether oxygens (including phenoxy) is 1. The van der Waals surface area contributed by atoms with E-state index in [0.717, 1.165) is 0 Å². The molecule has 1 unspecified atom stereocenters. The van der Waals surface area contributed by atoms with Gasteiger partial charge in [-0.3, -0.25) is 4.79 Å². The van der Waals surface area contributed by atoms with Crippen LogP contribution in [-0.4, -0.2) is 23.0 Å². The first kappa shape index (κ1) is 17.6. The molecule has 2 aromatic carbocycles. The summed E-state index contributed by atoms with van der Waals surface area (Å²) in [6.07, 6.45) is -0.358. The zero-order valence-corrected chi connectivity index (χ0v) is 13.8. The number of hydrogen-bond donors (Lipinski definition) is 1. The Morgan fingerprint density at radius 3 is 2.38 bits per heavy atom. The van der Waals surface area contributed by atoms with Crippen LogP contribution in [0.25, 0.3) is 0 Å². The summed E-state index contributed by atoms with van der Waals surface area (Å²) in [7, 11) is 0. The maximum atomic E-state index is 12.8. The van der Waals surface area contributed by atoms with Crippen LogP contribution in [0.3, 0.4) is 0 Å². The van der Waals surface area contributed by atoms with Crippen LogP contribution in [0.4, 0.5) is 0 Å². The summed E-state index contributed by atoms with van der Waals surface area (Å²) >= 11 is 0. The molecule has 0 fully saturated rings. The number of hydrogen-bond acceptors (Lipinski definition) is 4. The summed E-state index contributed by atoms with van der Waals surface area (Å²) in [6, 6.07) is 13.8. The van der Waals surface area contributed by atoms with Gasteiger partial charge in [0.25, 0.3) is 0 Å². The molecule has 0 spiro atoms. The highest BCUT2D eigenvalue weighted by molar-refractivity contribution is 6.11. The predicted molar refractivity (Wildman–Crippen MR) is 92.2 cm³/mol. The standard InChI is InChI=1S/C20H20O4/c1-13(2)20(23)24-19-16(12-14(3)21)10-7-11-17(19)18(22)15-8-5-4-6-9-15/h4-11,14,21H,1,12H2,2-3H3. The normalized spacial score (nSPS) is 11.6. The van der Waals surface area contributed by atoms with Gasteiger partial charge in [-0.1, -0.05) is 49.0 Å². The lowest BCUT2D eigenvalue weighted by atomic mass is 9.97. The summed E-state index contributed by atoms with van der Waals surface area (Å²) < 4.78 is 5.41. The Morgan fingerprint density at radius 1 is 1.12 bits per heavy atom. The molecule has 2 rings (SSSR count). The van der Waals surface area contributed by atoms with Crippen molar-refractivity contribution in [3.8, 4) is 5.75 Å². The lowest BCUT2D eigenvalue weighted by Crippen LogP contribution is -2.15. The summed E-state index contributed by atoms with van der Waals surface area (Å²) in [6.45, 7) is 6.74. The first-order valence-corrected chi connectivity index (χ1v) is 7.67. The van der Waals surface area contributed by atoms with Crippen LogP contribution in [-0.2, 0) is 11.2 Å². The van der Waals surface area contributed by atoms with Gasteiger partial charge in [0, 0.05) is 17.6 Å². The van der Waals surface area contributed by atoms with E-state index in [1.54, 1.807) is 49.4 Å². The van der Waals surface area contributed by atoms with Gasteiger partial charge < -0.3 is 9.84 Å². The van der Waals surface area contributed by atoms with Crippen LogP contribution in [0.1, 0.15) is 35.3 Å². The number of benzene rings is 2. The predicted octanol–water partition coefficient (Wildman–Crippen LogP) is 3.32. The van der Waals surface area contributed by atoms with E-state index in [1.165, 1.54) is 6.92 Å². The number of aliphatic hydroxyl groups is 1. The SMILES string of the molecule is C=C(C)C(=O)Oc1c(CC(C)O)cccc1C(=O)c1ccccc1. The van der Waals surface area contributed by atoms with Crippen LogP contribution in [0.15, 0.2) is 60.7 Å². The maximum absolute atomic E-state index is 12.8.